The van der Waals surface area contributed by atoms with Crippen LogP contribution in [-0.4, -0.2) is 96.7 Å². The van der Waals surface area contributed by atoms with Gasteiger partial charge in [-0.3, -0.25) is 37.3 Å². The molecule has 0 aliphatic heterocycles. The molecule has 2 unspecified atom stereocenters. The molecule has 0 fully saturated rings. The van der Waals surface area contributed by atoms with Crippen molar-refractivity contribution in [3.63, 3.8) is 0 Å². The zero-order valence-corrected chi connectivity index (χ0v) is 56.7. The molecule has 0 aliphatic carbocycles. The molecule has 3 N–H and O–H groups in total. The summed E-state index contributed by atoms with van der Waals surface area (Å²) in [6.07, 6.45) is 42.0. The van der Waals surface area contributed by atoms with E-state index in [2.05, 4.69) is 41.5 Å². The van der Waals surface area contributed by atoms with E-state index in [4.69, 9.17) is 37.0 Å². The quantitative estimate of drug-likeness (QED) is 0.0222. The Morgan fingerprint density at radius 1 is 0.318 bits per heavy atom. The van der Waals surface area contributed by atoms with Crippen molar-refractivity contribution >= 4 is 39.5 Å². The maximum absolute atomic E-state index is 13.0. The lowest BCUT2D eigenvalue weighted by atomic mass is 10.0. The van der Waals surface area contributed by atoms with Crippen molar-refractivity contribution in [3.05, 3.63) is 0 Å². The van der Waals surface area contributed by atoms with Crippen LogP contribution in [0.1, 0.15) is 330 Å². The van der Waals surface area contributed by atoms with E-state index in [1.165, 1.54) is 141 Å². The summed E-state index contributed by atoms with van der Waals surface area (Å²) in [6, 6.07) is 0. The molecule has 0 aliphatic rings. The van der Waals surface area contributed by atoms with Crippen LogP contribution >= 0.6 is 15.6 Å². The van der Waals surface area contributed by atoms with Crippen molar-refractivity contribution in [2.45, 2.75) is 349 Å². The van der Waals surface area contributed by atoms with Gasteiger partial charge in [0, 0.05) is 25.7 Å². The molecule has 19 heteroatoms. The van der Waals surface area contributed by atoms with Gasteiger partial charge in [-0.2, -0.15) is 0 Å². The van der Waals surface area contributed by atoms with Crippen LogP contribution in [0.4, 0.5) is 0 Å². The predicted octanol–water partition coefficient (Wildman–Crippen LogP) is 18.4. The van der Waals surface area contributed by atoms with Crippen LogP contribution in [0.2, 0.25) is 0 Å². The fourth-order valence-electron chi connectivity index (χ4n) is 9.88. The Labute approximate surface area is 517 Å². The van der Waals surface area contributed by atoms with Crippen molar-refractivity contribution in [2.75, 3.05) is 39.6 Å². The largest absolute Gasteiger partial charge is 0.472 e. The molecule has 0 rings (SSSR count). The van der Waals surface area contributed by atoms with E-state index in [0.29, 0.717) is 25.7 Å². The zero-order valence-electron chi connectivity index (χ0n) is 54.9. The Morgan fingerprint density at radius 3 is 0.800 bits per heavy atom. The number of carbonyl (C=O) groups excluding carboxylic acids is 4. The Kier molecular flexibility index (Phi) is 57.1. The third kappa shape index (κ3) is 60.7. The zero-order chi connectivity index (χ0) is 62.9. The van der Waals surface area contributed by atoms with Crippen molar-refractivity contribution < 1.29 is 80.2 Å². The number of unbranched alkanes of at least 4 members (excludes halogenated alkanes) is 35. The van der Waals surface area contributed by atoms with Gasteiger partial charge in [-0.25, -0.2) is 9.13 Å². The summed E-state index contributed by atoms with van der Waals surface area (Å²) in [5.74, 6) is -0.636. The van der Waals surface area contributed by atoms with E-state index in [1.54, 1.807) is 0 Å². The monoisotopic (exact) mass is 1250 g/mol. The Bertz CT molecular complexity index is 1670. The van der Waals surface area contributed by atoms with Crippen molar-refractivity contribution in [3.8, 4) is 0 Å². The van der Waals surface area contributed by atoms with Crippen LogP contribution in [-0.2, 0) is 65.4 Å². The van der Waals surface area contributed by atoms with Crippen LogP contribution in [0, 0.1) is 11.8 Å². The number of esters is 4. The summed E-state index contributed by atoms with van der Waals surface area (Å²) in [5.41, 5.74) is 0. The molecule has 0 aromatic rings. The number of phosphoric acid groups is 2. The third-order valence-corrected chi connectivity index (χ3v) is 17.1. The molecular formula is C66H128O17P2. The molecule has 0 bridgehead atoms. The van der Waals surface area contributed by atoms with Gasteiger partial charge in [-0.1, -0.05) is 279 Å². The number of aliphatic hydroxyl groups is 1. The van der Waals surface area contributed by atoms with E-state index in [0.717, 1.165) is 108 Å². The minimum absolute atomic E-state index is 0.103. The molecule has 5 atom stereocenters. The molecule has 0 aromatic carbocycles. The highest BCUT2D eigenvalue weighted by Crippen LogP contribution is 2.45. The maximum atomic E-state index is 13.0. The van der Waals surface area contributed by atoms with Gasteiger partial charge in [0.25, 0.3) is 0 Å². The van der Waals surface area contributed by atoms with Crippen molar-refractivity contribution in [1.82, 2.24) is 0 Å². The number of rotatable bonds is 65. The first-order chi connectivity index (χ1) is 40.9. The van der Waals surface area contributed by atoms with Gasteiger partial charge >= 0.3 is 39.5 Å². The standard InChI is InChI=1S/C66H128O17P2/c1-7-9-11-13-14-15-16-18-22-25-31-37-43-49-64(69)77-55-62(83-65(70)50-44-38-32-26-23-20-17-19-21-24-29-35-40-46-58(3)4)57-81-85(74,75)79-53-60(67)52-78-84(72,73)80-56-61(54-76-63(68)48-42-34-12-10-8-2)82-66(71)51-45-39-33-28-27-30-36-41-47-59(5)6/h58-62,67H,7-57H2,1-6H3,(H,72,73)(H,74,75)/t60-,61+,62+/m0/s1. The third-order valence-electron chi connectivity index (χ3n) is 15.2. The Morgan fingerprint density at radius 2 is 0.541 bits per heavy atom. The summed E-state index contributed by atoms with van der Waals surface area (Å²) in [7, 11) is -9.88. The van der Waals surface area contributed by atoms with Crippen molar-refractivity contribution in [1.29, 1.82) is 0 Å². The summed E-state index contributed by atoms with van der Waals surface area (Å²) >= 11 is 0. The number of carbonyl (C=O) groups is 4. The number of ether oxygens (including phenoxy) is 4. The number of hydrogen-bond acceptors (Lipinski definition) is 15. The second kappa shape index (κ2) is 58.4. The van der Waals surface area contributed by atoms with Crippen LogP contribution in [0.15, 0.2) is 0 Å². The van der Waals surface area contributed by atoms with Crippen LogP contribution in [0.25, 0.3) is 0 Å². The SMILES string of the molecule is CCCCCCCCCCCCCCCC(=O)OC[C@H](COP(=O)(O)OC[C@@H](O)COP(=O)(O)OC[C@@H](COC(=O)CCCCCCC)OC(=O)CCCCCCCCCCC(C)C)OC(=O)CCCCCCCCCCCCCCCC(C)C. The van der Waals surface area contributed by atoms with Gasteiger partial charge in [-0.15, -0.1) is 0 Å². The maximum Gasteiger partial charge on any atom is 0.472 e. The van der Waals surface area contributed by atoms with E-state index in [9.17, 15) is 43.2 Å². The molecule has 0 saturated carbocycles. The molecule has 0 aromatic heterocycles. The van der Waals surface area contributed by atoms with Gasteiger partial charge in [-0.05, 0) is 37.5 Å². The predicted molar refractivity (Wildman–Crippen MR) is 340 cm³/mol. The molecule has 0 amide bonds. The first kappa shape index (κ1) is 83.1. The van der Waals surface area contributed by atoms with Crippen LogP contribution in [0.3, 0.4) is 0 Å². The molecular weight excluding hydrogens is 1130 g/mol. The second-order valence-electron chi connectivity index (χ2n) is 24.8. The number of phosphoric ester groups is 2. The first-order valence-corrected chi connectivity index (χ1v) is 37.5. The highest BCUT2D eigenvalue weighted by molar-refractivity contribution is 7.47. The summed E-state index contributed by atoms with van der Waals surface area (Å²) in [5, 5.41) is 10.5. The Balaban J connectivity index is 5.17. The second-order valence-corrected chi connectivity index (χ2v) is 27.7. The average Bonchev–Trinajstić information content (AvgIpc) is 3.52. The average molecular weight is 1260 g/mol. The lowest BCUT2D eigenvalue weighted by Gasteiger charge is -2.21. The smallest absolute Gasteiger partial charge is 0.462 e. The van der Waals surface area contributed by atoms with Gasteiger partial charge in [0.2, 0.25) is 0 Å². The molecule has 17 nitrogen and oxygen atoms in total. The minimum Gasteiger partial charge on any atom is -0.462 e. The van der Waals surface area contributed by atoms with Gasteiger partial charge in [0.05, 0.1) is 26.4 Å². The summed E-state index contributed by atoms with van der Waals surface area (Å²) in [6.45, 7) is 9.40. The number of aliphatic hydroxyl groups excluding tert-OH is 1. The fourth-order valence-corrected chi connectivity index (χ4v) is 11.5. The van der Waals surface area contributed by atoms with E-state index in [-0.39, 0.29) is 25.7 Å². The van der Waals surface area contributed by atoms with Gasteiger partial charge < -0.3 is 33.8 Å². The van der Waals surface area contributed by atoms with Gasteiger partial charge in [0.1, 0.15) is 19.3 Å². The minimum atomic E-state index is -4.95. The lowest BCUT2D eigenvalue weighted by molar-refractivity contribution is -0.161. The summed E-state index contributed by atoms with van der Waals surface area (Å²) in [4.78, 5) is 72.1. The van der Waals surface area contributed by atoms with E-state index < -0.39 is 97.5 Å². The molecule has 0 spiro atoms. The highest BCUT2D eigenvalue weighted by Gasteiger charge is 2.30. The Hall–Kier alpha value is -1.94. The fraction of sp³-hybridized carbons (Fsp3) is 0.939. The molecule has 0 saturated heterocycles. The first-order valence-electron chi connectivity index (χ1n) is 34.5. The molecule has 85 heavy (non-hydrogen) atoms. The van der Waals surface area contributed by atoms with E-state index >= 15 is 0 Å². The lowest BCUT2D eigenvalue weighted by Crippen LogP contribution is -2.30. The normalized spacial score (nSPS) is 14.2. The molecule has 0 radical (unpaired) electrons. The van der Waals surface area contributed by atoms with Crippen LogP contribution < -0.4 is 0 Å². The van der Waals surface area contributed by atoms with Gasteiger partial charge in [0.15, 0.2) is 12.2 Å². The summed E-state index contributed by atoms with van der Waals surface area (Å²) < 4.78 is 67.9. The molecule has 0 heterocycles. The number of hydrogen-bond donors (Lipinski definition) is 3. The van der Waals surface area contributed by atoms with E-state index in [1.807, 2.05) is 0 Å². The van der Waals surface area contributed by atoms with Crippen LogP contribution in [0.5, 0.6) is 0 Å². The highest BCUT2D eigenvalue weighted by atomic mass is 31.2. The molecule has 504 valence electrons. The van der Waals surface area contributed by atoms with Crippen molar-refractivity contribution in [2.24, 2.45) is 11.8 Å². The topological polar surface area (TPSA) is 237 Å².